The molecule has 0 aliphatic carbocycles. The van der Waals surface area contributed by atoms with Gasteiger partial charge in [-0.3, -0.25) is 14.7 Å². The maximum absolute atomic E-state index is 13.7. The zero-order chi connectivity index (χ0) is 29.7. The van der Waals surface area contributed by atoms with Gasteiger partial charge in [0, 0.05) is 54.2 Å². The van der Waals surface area contributed by atoms with Crippen LogP contribution in [0, 0.1) is 0 Å². The van der Waals surface area contributed by atoms with E-state index in [1.54, 1.807) is 13.0 Å². The highest BCUT2D eigenvalue weighted by atomic mass is 32.2. The zero-order valence-electron chi connectivity index (χ0n) is 23.4. The molecule has 1 aliphatic heterocycles. The summed E-state index contributed by atoms with van der Waals surface area (Å²) in [6.07, 6.45) is 3.77. The number of anilines is 2. The average molecular weight is 589 g/mol. The molecule has 42 heavy (non-hydrogen) atoms. The molecule has 0 bridgehead atoms. The summed E-state index contributed by atoms with van der Waals surface area (Å²) >= 11 is 0. The van der Waals surface area contributed by atoms with Crippen molar-refractivity contribution in [2.24, 2.45) is 0 Å². The normalized spacial score (nSPS) is 14.1. The molecule has 12 heteroatoms. The fourth-order valence-corrected chi connectivity index (χ4v) is 5.93. The summed E-state index contributed by atoms with van der Waals surface area (Å²) in [6, 6.07) is 14.7. The van der Waals surface area contributed by atoms with Crippen molar-refractivity contribution in [3.05, 3.63) is 83.8 Å². The van der Waals surface area contributed by atoms with Gasteiger partial charge >= 0.3 is 5.97 Å². The van der Waals surface area contributed by atoms with Crippen molar-refractivity contribution in [1.82, 2.24) is 19.9 Å². The van der Waals surface area contributed by atoms with Crippen molar-refractivity contribution in [2.75, 3.05) is 23.1 Å². The van der Waals surface area contributed by atoms with Crippen molar-refractivity contribution in [3.8, 4) is 0 Å². The van der Waals surface area contributed by atoms with Crippen LogP contribution in [0.2, 0.25) is 0 Å². The lowest BCUT2D eigenvalue weighted by Crippen LogP contribution is -2.35. The molecule has 2 N–H and O–H groups in total. The zero-order valence-corrected chi connectivity index (χ0v) is 24.2. The summed E-state index contributed by atoms with van der Waals surface area (Å²) in [7, 11) is -3.93. The number of aromatic nitrogens is 3. The third-order valence-electron chi connectivity index (χ3n) is 7.01. The molecule has 2 aromatic carbocycles. The van der Waals surface area contributed by atoms with Crippen LogP contribution in [-0.2, 0) is 32.5 Å². The number of esters is 1. The summed E-state index contributed by atoms with van der Waals surface area (Å²) in [6.45, 7) is 6.26. The van der Waals surface area contributed by atoms with Crippen molar-refractivity contribution in [3.63, 3.8) is 0 Å². The van der Waals surface area contributed by atoms with E-state index in [0.717, 1.165) is 37.2 Å². The molecule has 1 amide bonds. The first-order valence-electron chi connectivity index (χ1n) is 13.8. The Bertz CT molecular complexity index is 1700. The number of carbonyl (C=O) groups is 2. The number of nitrogens with zero attached hydrogens (tertiary/aromatic N) is 4. The van der Waals surface area contributed by atoms with E-state index in [1.807, 2.05) is 24.3 Å². The Morgan fingerprint density at radius 3 is 2.48 bits per heavy atom. The Kier molecular flexibility index (Phi) is 8.74. The van der Waals surface area contributed by atoms with Crippen molar-refractivity contribution >= 4 is 44.4 Å². The minimum atomic E-state index is -3.93. The number of hydrogen-bond acceptors (Lipinski definition) is 9. The van der Waals surface area contributed by atoms with Crippen LogP contribution in [0.1, 0.15) is 48.3 Å². The molecule has 218 valence electrons. The SMILES string of the molecule is CCCN1CCc2nc3ccccc3c(C(=O)OC(CC)C(=O)Nc3ccc(S(=O)(=O)Nc4ncccn4)cc3)c2C1. The number of fused-ring (bicyclic) bond motifs is 2. The van der Waals surface area contributed by atoms with Crippen LogP contribution in [-0.4, -0.2) is 59.3 Å². The highest BCUT2D eigenvalue weighted by Crippen LogP contribution is 2.29. The Hall–Kier alpha value is -4.42. The third kappa shape index (κ3) is 6.39. The summed E-state index contributed by atoms with van der Waals surface area (Å²) in [4.78, 5) is 41.7. The number of amides is 1. The number of hydrogen-bond donors (Lipinski definition) is 2. The van der Waals surface area contributed by atoms with Gasteiger partial charge in [0.05, 0.1) is 16.0 Å². The van der Waals surface area contributed by atoms with Crippen LogP contribution >= 0.6 is 0 Å². The highest BCUT2D eigenvalue weighted by molar-refractivity contribution is 7.92. The van der Waals surface area contributed by atoms with E-state index in [-0.39, 0.29) is 17.3 Å². The fourth-order valence-electron chi connectivity index (χ4n) is 4.97. The van der Waals surface area contributed by atoms with Gasteiger partial charge in [0.1, 0.15) is 0 Å². The van der Waals surface area contributed by atoms with Gasteiger partial charge in [0.25, 0.3) is 15.9 Å². The molecule has 3 heterocycles. The topological polar surface area (TPSA) is 143 Å². The Morgan fingerprint density at radius 2 is 1.76 bits per heavy atom. The molecule has 0 saturated heterocycles. The van der Waals surface area contributed by atoms with Gasteiger partial charge < -0.3 is 10.1 Å². The van der Waals surface area contributed by atoms with E-state index >= 15 is 0 Å². The molecular weight excluding hydrogens is 556 g/mol. The van der Waals surface area contributed by atoms with E-state index in [2.05, 4.69) is 31.8 Å². The predicted molar refractivity (Wildman–Crippen MR) is 158 cm³/mol. The smallest absolute Gasteiger partial charge is 0.340 e. The minimum Gasteiger partial charge on any atom is -0.449 e. The van der Waals surface area contributed by atoms with Gasteiger partial charge in [-0.2, -0.15) is 0 Å². The van der Waals surface area contributed by atoms with Gasteiger partial charge in [-0.25, -0.2) is 27.9 Å². The largest absolute Gasteiger partial charge is 0.449 e. The summed E-state index contributed by atoms with van der Waals surface area (Å²) in [5.74, 6) is -1.14. The first kappa shape index (κ1) is 29.1. The monoisotopic (exact) mass is 588 g/mol. The van der Waals surface area contributed by atoms with E-state index in [4.69, 9.17) is 9.72 Å². The molecule has 1 unspecified atom stereocenters. The second-order valence-corrected chi connectivity index (χ2v) is 11.6. The molecule has 0 spiro atoms. The number of carbonyl (C=O) groups excluding carboxylic acids is 2. The number of benzene rings is 2. The number of ether oxygens (including phenoxy) is 1. The molecule has 2 aromatic heterocycles. The van der Waals surface area contributed by atoms with E-state index < -0.39 is 28.0 Å². The Morgan fingerprint density at radius 1 is 1.02 bits per heavy atom. The summed E-state index contributed by atoms with van der Waals surface area (Å²) in [5.41, 5.74) is 3.25. The molecule has 0 fully saturated rings. The maximum Gasteiger partial charge on any atom is 0.340 e. The first-order chi connectivity index (χ1) is 20.3. The van der Waals surface area contributed by atoms with Crippen molar-refractivity contribution in [2.45, 2.75) is 50.7 Å². The molecule has 5 rings (SSSR count). The van der Waals surface area contributed by atoms with Crippen molar-refractivity contribution < 1.29 is 22.7 Å². The molecular formula is C30H32N6O5S. The molecule has 0 radical (unpaired) electrons. The van der Waals surface area contributed by atoms with Crippen molar-refractivity contribution in [1.29, 1.82) is 0 Å². The second-order valence-electron chi connectivity index (χ2n) is 9.95. The molecule has 1 aliphatic rings. The number of sulfonamides is 1. The van der Waals surface area contributed by atoms with Gasteiger partial charge in [-0.05, 0) is 55.8 Å². The van der Waals surface area contributed by atoms with Gasteiger partial charge in [0.2, 0.25) is 5.95 Å². The van der Waals surface area contributed by atoms with Crippen LogP contribution in [0.25, 0.3) is 10.9 Å². The average Bonchev–Trinajstić information content (AvgIpc) is 2.99. The Labute approximate surface area is 244 Å². The molecule has 0 saturated carbocycles. The lowest BCUT2D eigenvalue weighted by molar-refractivity contribution is -0.124. The summed E-state index contributed by atoms with van der Waals surface area (Å²) < 4.78 is 33.4. The third-order valence-corrected chi connectivity index (χ3v) is 8.35. The van der Waals surface area contributed by atoms with Crippen LogP contribution in [0.5, 0.6) is 0 Å². The van der Waals surface area contributed by atoms with Gasteiger partial charge in [-0.15, -0.1) is 0 Å². The van der Waals surface area contributed by atoms with Crippen LogP contribution in [0.3, 0.4) is 0 Å². The molecule has 11 nitrogen and oxygen atoms in total. The second kappa shape index (κ2) is 12.6. The van der Waals surface area contributed by atoms with Crippen LogP contribution in [0.15, 0.2) is 71.9 Å². The van der Waals surface area contributed by atoms with Crippen LogP contribution < -0.4 is 10.0 Å². The van der Waals surface area contributed by atoms with Gasteiger partial charge in [0.15, 0.2) is 6.10 Å². The van der Waals surface area contributed by atoms with Crippen LogP contribution in [0.4, 0.5) is 11.6 Å². The lowest BCUT2D eigenvalue weighted by atomic mass is 9.95. The molecule has 1 atom stereocenters. The lowest BCUT2D eigenvalue weighted by Gasteiger charge is -2.30. The first-order valence-corrected chi connectivity index (χ1v) is 15.3. The number of para-hydroxylation sites is 1. The maximum atomic E-state index is 13.7. The van der Waals surface area contributed by atoms with Gasteiger partial charge in [-0.1, -0.05) is 32.0 Å². The predicted octanol–water partition coefficient (Wildman–Crippen LogP) is 4.17. The van der Waals surface area contributed by atoms with E-state index in [1.165, 1.54) is 36.7 Å². The standard InChI is InChI=1S/C30H32N6O5S/c1-3-17-36-18-14-25-23(19-36)27(22-8-5-6-9-24(22)34-25)29(38)41-26(4-2)28(37)33-20-10-12-21(13-11-20)42(39,40)35-30-31-15-7-16-32-30/h5-13,15-16,26H,3-4,14,17-19H2,1-2H3,(H,33,37)(H,31,32,35). The quantitative estimate of drug-likeness (QED) is 0.261. The number of nitrogens with one attached hydrogen (secondary N) is 2. The Balaban J connectivity index is 1.32. The summed E-state index contributed by atoms with van der Waals surface area (Å²) in [5, 5.41) is 3.42. The van der Waals surface area contributed by atoms with E-state index in [9.17, 15) is 18.0 Å². The molecule has 4 aromatic rings. The van der Waals surface area contributed by atoms with E-state index in [0.29, 0.717) is 28.7 Å². The minimum absolute atomic E-state index is 0.0297. The fraction of sp³-hybridized carbons (Fsp3) is 0.300. The highest BCUT2D eigenvalue weighted by Gasteiger charge is 2.29. The number of pyridine rings is 1. The number of rotatable bonds is 10.